The Morgan fingerprint density at radius 1 is 1.67 bits per heavy atom. The summed E-state index contributed by atoms with van der Waals surface area (Å²) in [6.45, 7) is 1.85. The molecule has 0 amide bonds. The van der Waals surface area contributed by atoms with Crippen LogP contribution in [0.4, 0.5) is 0 Å². The highest BCUT2D eigenvalue weighted by Crippen LogP contribution is 2.18. The van der Waals surface area contributed by atoms with E-state index in [1.807, 2.05) is 6.92 Å². The van der Waals surface area contributed by atoms with Gasteiger partial charge in [-0.05, 0) is 12.8 Å². The fourth-order valence-electron chi connectivity index (χ4n) is 1.28. The van der Waals surface area contributed by atoms with Crippen molar-refractivity contribution in [2.75, 3.05) is 0 Å². The zero-order valence-electron chi connectivity index (χ0n) is 7.34. The molecule has 12 heavy (non-hydrogen) atoms. The maximum absolute atomic E-state index is 10.9. The molecule has 1 heterocycles. The third-order valence-electron chi connectivity index (χ3n) is 2.11. The summed E-state index contributed by atoms with van der Waals surface area (Å²) in [7, 11) is 0. The Morgan fingerprint density at radius 2 is 2.42 bits per heavy atom. The molecule has 3 nitrogen and oxygen atoms in total. The van der Waals surface area contributed by atoms with E-state index in [9.17, 15) is 9.59 Å². The van der Waals surface area contributed by atoms with Crippen LogP contribution >= 0.6 is 0 Å². The van der Waals surface area contributed by atoms with Gasteiger partial charge in [0.15, 0.2) is 0 Å². The fourth-order valence-corrected chi connectivity index (χ4v) is 1.28. The van der Waals surface area contributed by atoms with Crippen LogP contribution in [0.1, 0.15) is 39.0 Å². The number of carbonyl (C=O) groups is 2. The van der Waals surface area contributed by atoms with E-state index >= 15 is 0 Å². The first-order chi connectivity index (χ1) is 5.72. The van der Waals surface area contributed by atoms with Crippen molar-refractivity contribution in [1.29, 1.82) is 0 Å². The van der Waals surface area contributed by atoms with Gasteiger partial charge in [-0.15, -0.1) is 0 Å². The van der Waals surface area contributed by atoms with Crippen LogP contribution in [0.3, 0.4) is 0 Å². The van der Waals surface area contributed by atoms with Crippen molar-refractivity contribution in [1.82, 2.24) is 0 Å². The average molecular weight is 170 g/mol. The molecule has 1 aliphatic heterocycles. The molecule has 68 valence electrons. The number of carbonyl (C=O) groups excluding carboxylic acids is 2. The van der Waals surface area contributed by atoms with Crippen molar-refractivity contribution in [2.24, 2.45) is 0 Å². The third-order valence-corrected chi connectivity index (χ3v) is 2.11. The molecule has 0 N–H and O–H groups in total. The van der Waals surface area contributed by atoms with E-state index in [4.69, 9.17) is 4.74 Å². The van der Waals surface area contributed by atoms with E-state index in [2.05, 4.69) is 0 Å². The minimum Gasteiger partial charge on any atom is -0.462 e. The van der Waals surface area contributed by atoms with Gasteiger partial charge in [0.1, 0.15) is 11.9 Å². The van der Waals surface area contributed by atoms with Gasteiger partial charge in [0.2, 0.25) is 0 Å². The Hall–Kier alpha value is -0.860. The van der Waals surface area contributed by atoms with Gasteiger partial charge in [0.05, 0.1) is 0 Å². The summed E-state index contributed by atoms with van der Waals surface area (Å²) in [5.41, 5.74) is 0. The normalized spacial score (nSPS) is 22.4. The molecule has 1 aliphatic rings. The third kappa shape index (κ3) is 2.64. The Kier molecular flexibility index (Phi) is 3.26. The second-order valence-electron chi connectivity index (χ2n) is 3.08. The van der Waals surface area contributed by atoms with Crippen LogP contribution in [-0.4, -0.2) is 17.9 Å². The summed E-state index contributed by atoms with van der Waals surface area (Å²) < 4.78 is 4.97. The predicted molar refractivity (Wildman–Crippen MR) is 43.6 cm³/mol. The molecule has 1 rings (SSSR count). The van der Waals surface area contributed by atoms with Gasteiger partial charge in [-0.2, -0.15) is 0 Å². The molecular formula is C9H14O3. The summed E-state index contributed by atoms with van der Waals surface area (Å²) in [4.78, 5) is 21.6. The first-order valence-corrected chi connectivity index (χ1v) is 4.43. The number of rotatable bonds is 4. The number of cyclic esters (lactones) is 1. The topological polar surface area (TPSA) is 43.4 Å². The second kappa shape index (κ2) is 4.24. The largest absolute Gasteiger partial charge is 0.462 e. The molecule has 1 unspecified atom stereocenters. The summed E-state index contributed by atoms with van der Waals surface area (Å²) in [5, 5.41) is 0. The van der Waals surface area contributed by atoms with Crippen molar-refractivity contribution < 1.29 is 14.3 Å². The Morgan fingerprint density at radius 3 is 2.92 bits per heavy atom. The lowest BCUT2D eigenvalue weighted by Gasteiger charge is -2.06. The van der Waals surface area contributed by atoms with E-state index in [1.54, 1.807) is 0 Å². The smallest absolute Gasteiger partial charge is 0.306 e. The molecule has 0 radical (unpaired) electrons. The van der Waals surface area contributed by atoms with Crippen molar-refractivity contribution >= 4 is 11.8 Å². The van der Waals surface area contributed by atoms with E-state index in [0.717, 1.165) is 6.42 Å². The number of hydrogen-bond donors (Lipinski definition) is 0. The number of Topliss-reactive ketones (excluding diaryl/α,β-unsaturated/α-hetero) is 1. The zero-order chi connectivity index (χ0) is 8.97. The maximum atomic E-state index is 10.9. The summed E-state index contributed by atoms with van der Waals surface area (Å²) >= 11 is 0. The summed E-state index contributed by atoms with van der Waals surface area (Å²) in [6, 6.07) is 0. The Bertz CT molecular complexity index is 186. The maximum Gasteiger partial charge on any atom is 0.306 e. The molecule has 1 atom stereocenters. The zero-order valence-corrected chi connectivity index (χ0v) is 7.34. The molecule has 0 spiro atoms. The van der Waals surface area contributed by atoms with Crippen molar-refractivity contribution in [3.05, 3.63) is 0 Å². The van der Waals surface area contributed by atoms with Crippen LogP contribution in [0, 0.1) is 0 Å². The van der Waals surface area contributed by atoms with Gasteiger partial charge in [0.25, 0.3) is 0 Å². The van der Waals surface area contributed by atoms with Gasteiger partial charge in [0, 0.05) is 19.3 Å². The standard InChI is InChI=1S/C9H14O3/c1-2-7(10)3-4-8-5-6-9(11)12-8/h8H,2-6H2,1H3. The molecule has 0 aromatic heterocycles. The van der Waals surface area contributed by atoms with E-state index < -0.39 is 0 Å². The molecule has 0 aliphatic carbocycles. The lowest BCUT2D eigenvalue weighted by Crippen LogP contribution is -2.09. The molecular weight excluding hydrogens is 156 g/mol. The minimum absolute atomic E-state index is 0.00741. The van der Waals surface area contributed by atoms with Crippen LogP contribution in [0.25, 0.3) is 0 Å². The van der Waals surface area contributed by atoms with Crippen molar-refractivity contribution in [3.8, 4) is 0 Å². The molecule has 1 saturated heterocycles. The van der Waals surface area contributed by atoms with Gasteiger partial charge < -0.3 is 4.74 Å². The Labute approximate surface area is 72.1 Å². The van der Waals surface area contributed by atoms with Crippen molar-refractivity contribution in [3.63, 3.8) is 0 Å². The highest BCUT2D eigenvalue weighted by molar-refractivity contribution is 5.78. The molecule has 0 aromatic rings. The summed E-state index contributed by atoms with van der Waals surface area (Å²) in [5.74, 6) is 0.127. The molecule has 0 bridgehead atoms. The molecule has 0 aromatic carbocycles. The number of hydrogen-bond acceptors (Lipinski definition) is 3. The molecule has 0 saturated carbocycles. The number of ether oxygens (including phenoxy) is 1. The van der Waals surface area contributed by atoms with E-state index in [1.165, 1.54) is 0 Å². The lowest BCUT2D eigenvalue weighted by atomic mass is 10.1. The molecule has 3 heteroatoms. The minimum atomic E-state index is -0.121. The van der Waals surface area contributed by atoms with Gasteiger partial charge in [-0.1, -0.05) is 6.92 Å². The van der Waals surface area contributed by atoms with Crippen LogP contribution in [0.15, 0.2) is 0 Å². The number of esters is 1. The monoisotopic (exact) mass is 170 g/mol. The Balaban J connectivity index is 2.16. The van der Waals surface area contributed by atoms with Gasteiger partial charge in [-0.3, -0.25) is 9.59 Å². The van der Waals surface area contributed by atoms with Crippen LogP contribution in [0.5, 0.6) is 0 Å². The first-order valence-electron chi connectivity index (χ1n) is 4.43. The molecule has 1 fully saturated rings. The second-order valence-corrected chi connectivity index (χ2v) is 3.08. The van der Waals surface area contributed by atoms with Crippen molar-refractivity contribution in [2.45, 2.75) is 45.1 Å². The quantitative estimate of drug-likeness (QED) is 0.600. The van der Waals surface area contributed by atoms with Crippen LogP contribution in [0.2, 0.25) is 0 Å². The van der Waals surface area contributed by atoms with E-state index in [0.29, 0.717) is 25.7 Å². The number of ketones is 1. The fraction of sp³-hybridized carbons (Fsp3) is 0.778. The predicted octanol–water partition coefficient (Wildman–Crippen LogP) is 1.45. The first kappa shape index (κ1) is 9.23. The highest BCUT2D eigenvalue weighted by Gasteiger charge is 2.23. The van der Waals surface area contributed by atoms with Gasteiger partial charge in [-0.25, -0.2) is 0 Å². The average Bonchev–Trinajstić information content (AvgIpc) is 2.47. The highest BCUT2D eigenvalue weighted by atomic mass is 16.5. The van der Waals surface area contributed by atoms with Gasteiger partial charge >= 0.3 is 5.97 Å². The SMILES string of the molecule is CCC(=O)CCC1CCC(=O)O1. The lowest BCUT2D eigenvalue weighted by molar-refractivity contribution is -0.142. The van der Waals surface area contributed by atoms with Crippen LogP contribution in [-0.2, 0) is 14.3 Å². The summed E-state index contributed by atoms with van der Waals surface area (Å²) in [6.07, 6.45) is 3.15. The van der Waals surface area contributed by atoms with E-state index in [-0.39, 0.29) is 17.9 Å². The van der Waals surface area contributed by atoms with Crippen LogP contribution < -0.4 is 0 Å².